The second kappa shape index (κ2) is 13.6. The van der Waals surface area contributed by atoms with E-state index >= 15 is 0 Å². The molecule has 1 aliphatic rings. The van der Waals surface area contributed by atoms with Crippen LogP contribution in [0, 0.1) is 0 Å². The molecule has 0 saturated carbocycles. The van der Waals surface area contributed by atoms with Gasteiger partial charge in [-0.25, -0.2) is 0 Å². The Morgan fingerprint density at radius 1 is 0.902 bits per heavy atom. The predicted octanol–water partition coefficient (Wildman–Crippen LogP) is 6.12. The van der Waals surface area contributed by atoms with Crippen LogP contribution in [-0.2, 0) is 20.9 Å². The van der Waals surface area contributed by atoms with E-state index in [2.05, 4.69) is 15.6 Å². The highest BCUT2D eigenvalue weighted by Gasteiger charge is 2.32. The van der Waals surface area contributed by atoms with E-state index < -0.39 is 6.29 Å². The zero-order valence-corrected chi connectivity index (χ0v) is 23.3. The fourth-order valence-corrected chi connectivity index (χ4v) is 5.40. The van der Waals surface area contributed by atoms with Crippen LogP contribution in [0.15, 0.2) is 102 Å². The highest BCUT2D eigenvalue weighted by atomic mass is 32.2. The van der Waals surface area contributed by atoms with Gasteiger partial charge in [-0.05, 0) is 59.7 Å². The van der Waals surface area contributed by atoms with Crippen molar-refractivity contribution in [3.8, 4) is 0 Å². The molecule has 210 valence electrons. The Kier molecular flexibility index (Phi) is 9.43. The number of pyridine rings is 1. The van der Waals surface area contributed by atoms with Gasteiger partial charge in [-0.2, -0.15) is 0 Å². The molecule has 3 unspecified atom stereocenters. The van der Waals surface area contributed by atoms with E-state index in [4.69, 9.17) is 9.47 Å². The number of ether oxygens (including phenoxy) is 2. The van der Waals surface area contributed by atoms with Gasteiger partial charge in [-0.1, -0.05) is 36.4 Å². The molecule has 3 aromatic carbocycles. The minimum absolute atomic E-state index is 0.0127. The number of anilines is 2. The van der Waals surface area contributed by atoms with Crippen LogP contribution in [-0.4, -0.2) is 33.8 Å². The molecule has 0 radical (unpaired) electrons. The molecule has 41 heavy (non-hydrogen) atoms. The number of rotatable bonds is 9. The summed E-state index contributed by atoms with van der Waals surface area (Å²) in [5.41, 5.74) is 4.60. The molecule has 0 bridgehead atoms. The summed E-state index contributed by atoms with van der Waals surface area (Å²) in [6.45, 7) is 1.47. The van der Waals surface area contributed by atoms with E-state index in [1.54, 1.807) is 30.1 Å². The summed E-state index contributed by atoms with van der Waals surface area (Å²) in [4.78, 5) is 28.9. The third kappa shape index (κ3) is 7.80. The summed E-state index contributed by atoms with van der Waals surface area (Å²) >= 11 is 1.68. The summed E-state index contributed by atoms with van der Waals surface area (Å²) in [7, 11) is 0. The first kappa shape index (κ1) is 28.5. The van der Waals surface area contributed by atoms with Gasteiger partial charge in [-0.15, -0.1) is 11.8 Å². The molecule has 3 N–H and O–H groups in total. The number of hydrogen-bond acceptors (Lipinski definition) is 7. The van der Waals surface area contributed by atoms with Crippen molar-refractivity contribution in [2.24, 2.45) is 0 Å². The topological polar surface area (TPSA) is 110 Å². The van der Waals surface area contributed by atoms with E-state index in [9.17, 15) is 14.7 Å². The summed E-state index contributed by atoms with van der Waals surface area (Å²) in [5, 5.41) is 15.1. The molecule has 1 saturated heterocycles. The molecule has 2 amide bonds. The quantitative estimate of drug-likeness (QED) is 0.208. The van der Waals surface area contributed by atoms with Gasteiger partial charge in [0.1, 0.15) is 0 Å². The first-order valence-corrected chi connectivity index (χ1v) is 14.3. The van der Waals surface area contributed by atoms with Gasteiger partial charge in [0.15, 0.2) is 6.29 Å². The van der Waals surface area contributed by atoms with E-state index in [-0.39, 0.29) is 30.6 Å². The molecule has 9 heteroatoms. The molecule has 8 nitrogen and oxygen atoms in total. The van der Waals surface area contributed by atoms with Crippen molar-refractivity contribution in [3.05, 3.63) is 120 Å². The highest BCUT2D eigenvalue weighted by molar-refractivity contribution is 7.99. The van der Waals surface area contributed by atoms with Crippen LogP contribution in [0.3, 0.4) is 0 Å². The molecular weight excluding hydrogens is 538 g/mol. The summed E-state index contributed by atoms with van der Waals surface area (Å²) < 4.78 is 12.8. The Labute approximate surface area is 243 Å². The minimum atomic E-state index is -0.595. The Morgan fingerprint density at radius 3 is 2.24 bits per heavy atom. The lowest BCUT2D eigenvalue weighted by Crippen LogP contribution is -2.31. The highest BCUT2D eigenvalue weighted by Crippen LogP contribution is 2.39. The molecule has 1 aromatic heterocycles. The minimum Gasteiger partial charge on any atom is -0.392 e. The van der Waals surface area contributed by atoms with Crippen molar-refractivity contribution in [2.75, 3.05) is 16.4 Å². The SMILES string of the molecule is CC(=O)Nc1ccc(SCC2CC(c3ccc(CO)cc3)OC(c3ccc(NC(=O)c4cccnc4)cc3)O2)cc1. The molecule has 5 rings (SSSR count). The maximum absolute atomic E-state index is 12.5. The molecule has 0 spiro atoms. The summed E-state index contributed by atoms with van der Waals surface area (Å²) in [6.07, 6.45) is 2.93. The molecule has 1 aliphatic heterocycles. The second-order valence-electron chi connectivity index (χ2n) is 9.68. The third-order valence-electron chi connectivity index (χ3n) is 6.59. The van der Waals surface area contributed by atoms with Crippen molar-refractivity contribution < 1.29 is 24.2 Å². The number of hydrogen-bond donors (Lipinski definition) is 3. The van der Waals surface area contributed by atoms with E-state index in [1.807, 2.05) is 72.8 Å². The van der Waals surface area contributed by atoms with E-state index in [0.29, 0.717) is 23.4 Å². The summed E-state index contributed by atoms with van der Waals surface area (Å²) in [5.74, 6) is 0.378. The molecule has 1 fully saturated rings. The second-order valence-corrected chi connectivity index (χ2v) is 10.8. The standard InChI is InChI=1S/C32H31N3O5S/c1-21(37)34-26-12-14-29(15-13-26)41-20-28-17-30(23-6-4-22(19-36)5-7-23)40-32(39-28)24-8-10-27(11-9-24)35-31(38)25-3-2-16-33-18-25/h2-16,18,28,30,32,36H,17,19-20H2,1H3,(H,34,37)(H,35,38). The zero-order valence-electron chi connectivity index (χ0n) is 22.5. The first-order valence-electron chi connectivity index (χ1n) is 13.3. The predicted molar refractivity (Wildman–Crippen MR) is 159 cm³/mol. The average molecular weight is 570 g/mol. The number of carbonyl (C=O) groups is 2. The normalized spacial score (nSPS) is 18.4. The van der Waals surface area contributed by atoms with Gasteiger partial charge < -0.3 is 25.2 Å². The van der Waals surface area contributed by atoms with Crippen molar-refractivity contribution in [3.63, 3.8) is 0 Å². The van der Waals surface area contributed by atoms with Crippen LogP contribution in [0.4, 0.5) is 11.4 Å². The Hall–Kier alpha value is -4.02. The van der Waals surface area contributed by atoms with Crippen LogP contribution in [0.25, 0.3) is 0 Å². The van der Waals surface area contributed by atoms with E-state index in [1.165, 1.54) is 13.1 Å². The van der Waals surface area contributed by atoms with Crippen molar-refractivity contribution >= 4 is 35.0 Å². The maximum atomic E-state index is 12.5. The number of nitrogens with zero attached hydrogens (tertiary/aromatic N) is 1. The van der Waals surface area contributed by atoms with Crippen LogP contribution in [0.2, 0.25) is 0 Å². The average Bonchev–Trinajstić information content (AvgIpc) is 3.01. The number of aliphatic hydroxyl groups is 1. The van der Waals surface area contributed by atoms with Crippen LogP contribution < -0.4 is 10.6 Å². The monoisotopic (exact) mass is 569 g/mol. The maximum Gasteiger partial charge on any atom is 0.257 e. The number of aliphatic hydroxyl groups excluding tert-OH is 1. The Balaban J connectivity index is 1.29. The Bertz CT molecular complexity index is 1450. The number of thioether (sulfide) groups is 1. The van der Waals surface area contributed by atoms with Gasteiger partial charge in [0.05, 0.1) is 24.4 Å². The van der Waals surface area contributed by atoms with Crippen molar-refractivity contribution in [1.82, 2.24) is 4.98 Å². The van der Waals surface area contributed by atoms with Gasteiger partial charge in [-0.3, -0.25) is 14.6 Å². The Morgan fingerprint density at radius 2 is 1.59 bits per heavy atom. The van der Waals surface area contributed by atoms with Gasteiger partial charge >= 0.3 is 0 Å². The molecule has 3 atom stereocenters. The molecular formula is C32H31N3O5S. The number of amides is 2. The van der Waals surface area contributed by atoms with Gasteiger partial charge in [0.2, 0.25) is 5.91 Å². The number of carbonyl (C=O) groups excluding carboxylic acids is 2. The smallest absolute Gasteiger partial charge is 0.257 e. The lowest BCUT2D eigenvalue weighted by molar-refractivity contribution is -0.245. The summed E-state index contributed by atoms with van der Waals surface area (Å²) in [6, 6.07) is 26.4. The van der Waals surface area contributed by atoms with Crippen LogP contribution >= 0.6 is 11.8 Å². The number of aromatic nitrogens is 1. The first-order chi connectivity index (χ1) is 20.0. The molecule has 2 heterocycles. The van der Waals surface area contributed by atoms with Gasteiger partial charge in [0, 0.05) is 53.3 Å². The number of benzene rings is 3. The van der Waals surface area contributed by atoms with Crippen molar-refractivity contribution in [1.29, 1.82) is 0 Å². The largest absolute Gasteiger partial charge is 0.392 e. The fourth-order valence-electron chi connectivity index (χ4n) is 4.47. The zero-order chi connectivity index (χ0) is 28.6. The van der Waals surface area contributed by atoms with Crippen LogP contribution in [0.5, 0.6) is 0 Å². The van der Waals surface area contributed by atoms with Gasteiger partial charge in [0.25, 0.3) is 5.91 Å². The fraction of sp³-hybridized carbons (Fsp3) is 0.219. The third-order valence-corrected chi connectivity index (χ3v) is 7.73. The van der Waals surface area contributed by atoms with Crippen LogP contribution in [0.1, 0.15) is 52.8 Å². The van der Waals surface area contributed by atoms with Crippen molar-refractivity contribution in [2.45, 2.75) is 43.3 Å². The molecule has 4 aromatic rings. The van der Waals surface area contributed by atoms with E-state index in [0.717, 1.165) is 27.3 Å². The number of nitrogens with one attached hydrogen (secondary N) is 2. The lowest BCUT2D eigenvalue weighted by Gasteiger charge is -2.36. The molecule has 0 aliphatic carbocycles. The lowest BCUT2D eigenvalue weighted by atomic mass is 10.0.